The summed E-state index contributed by atoms with van der Waals surface area (Å²) in [5.41, 5.74) is 2.66. The van der Waals surface area contributed by atoms with E-state index in [-0.39, 0.29) is 12.3 Å². The number of anilines is 1. The maximum absolute atomic E-state index is 11.8. The SMILES string of the molecule is Cc1nc(-c2ccccc2)sc1C(=N)COC(=O)Nc1ccccc1. The number of carbonyl (C=O) groups is 1. The fraction of sp³-hybridized carbons (Fsp3) is 0.105. The van der Waals surface area contributed by atoms with Gasteiger partial charge in [-0.1, -0.05) is 48.5 Å². The molecule has 2 aromatic carbocycles. The second-order valence-electron chi connectivity index (χ2n) is 5.35. The van der Waals surface area contributed by atoms with Crippen molar-refractivity contribution in [2.24, 2.45) is 0 Å². The summed E-state index contributed by atoms with van der Waals surface area (Å²) in [6.07, 6.45) is -0.582. The molecule has 0 radical (unpaired) electrons. The van der Waals surface area contributed by atoms with Gasteiger partial charge in [-0.2, -0.15) is 0 Å². The minimum atomic E-state index is -0.582. The third-order valence-corrected chi connectivity index (χ3v) is 4.73. The van der Waals surface area contributed by atoms with E-state index < -0.39 is 6.09 Å². The van der Waals surface area contributed by atoms with Gasteiger partial charge in [0.15, 0.2) is 0 Å². The van der Waals surface area contributed by atoms with Crippen molar-refractivity contribution in [3.05, 3.63) is 71.2 Å². The highest BCUT2D eigenvalue weighted by Gasteiger charge is 2.15. The van der Waals surface area contributed by atoms with Crippen LogP contribution in [0.25, 0.3) is 10.6 Å². The smallest absolute Gasteiger partial charge is 0.412 e. The molecule has 5 nitrogen and oxygen atoms in total. The van der Waals surface area contributed by atoms with Gasteiger partial charge in [-0.15, -0.1) is 11.3 Å². The van der Waals surface area contributed by atoms with Crippen LogP contribution in [0.3, 0.4) is 0 Å². The molecule has 0 spiro atoms. The van der Waals surface area contributed by atoms with Gasteiger partial charge in [0.2, 0.25) is 0 Å². The van der Waals surface area contributed by atoms with Crippen molar-refractivity contribution in [3.8, 4) is 10.6 Å². The van der Waals surface area contributed by atoms with E-state index in [9.17, 15) is 4.79 Å². The van der Waals surface area contributed by atoms with E-state index in [0.717, 1.165) is 21.1 Å². The van der Waals surface area contributed by atoms with E-state index in [0.29, 0.717) is 5.69 Å². The maximum Gasteiger partial charge on any atom is 0.412 e. The fourth-order valence-electron chi connectivity index (χ4n) is 2.26. The number of aryl methyl sites for hydroxylation is 1. The van der Waals surface area contributed by atoms with E-state index >= 15 is 0 Å². The van der Waals surface area contributed by atoms with Gasteiger partial charge >= 0.3 is 6.09 Å². The molecule has 0 saturated carbocycles. The lowest BCUT2D eigenvalue weighted by Gasteiger charge is -2.07. The number of thiazole rings is 1. The van der Waals surface area contributed by atoms with Crippen molar-refractivity contribution in [1.82, 2.24) is 4.98 Å². The average Bonchev–Trinajstić information content (AvgIpc) is 3.03. The summed E-state index contributed by atoms with van der Waals surface area (Å²) in [4.78, 5) is 17.1. The zero-order chi connectivity index (χ0) is 17.6. The summed E-state index contributed by atoms with van der Waals surface area (Å²) in [5, 5.41) is 11.7. The van der Waals surface area contributed by atoms with Gasteiger partial charge in [0, 0.05) is 11.3 Å². The Morgan fingerprint density at radius 2 is 1.76 bits per heavy atom. The molecule has 0 atom stereocenters. The zero-order valence-corrected chi connectivity index (χ0v) is 14.5. The minimum absolute atomic E-state index is 0.101. The van der Waals surface area contributed by atoms with Gasteiger partial charge in [-0.25, -0.2) is 9.78 Å². The number of amides is 1. The predicted octanol–water partition coefficient (Wildman–Crippen LogP) is 4.74. The van der Waals surface area contributed by atoms with Gasteiger partial charge in [0.1, 0.15) is 11.6 Å². The van der Waals surface area contributed by atoms with Crippen LogP contribution in [-0.2, 0) is 4.74 Å². The first kappa shape index (κ1) is 16.9. The molecule has 0 unspecified atom stereocenters. The number of carbonyl (C=O) groups excluding carboxylic acids is 1. The number of nitrogens with one attached hydrogen (secondary N) is 2. The van der Waals surface area contributed by atoms with E-state index in [1.165, 1.54) is 11.3 Å². The monoisotopic (exact) mass is 351 g/mol. The third-order valence-electron chi connectivity index (χ3n) is 3.46. The van der Waals surface area contributed by atoms with Crippen LogP contribution in [-0.4, -0.2) is 23.4 Å². The van der Waals surface area contributed by atoms with Crippen molar-refractivity contribution in [2.75, 3.05) is 11.9 Å². The number of benzene rings is 2. The molecule has 2 N–H and O–H groups in total. The van der Waals surface area contributed by atoms with Crippen LogP contribution in [0.4, 0.5) is 10.5 Å². The second kappa shape index (κ2) is 7.72. The molecular weight excluding hydrogens is 334 g/mol. The van der Waals surface area contributed by atoms with Crippen molar-refractivity contribution in [1.29, 1.82) is 5.41 Å². The van der Waals surface area contributed by atoms with Gasteiger partial charge in [-0.3, -0.25) is 5.32 Å². The highest BCUT2D eigenvalue weighted by atomic mass is 32.1. The molecule has 0 bridgehead atoms. The lowest BCUT2D eigenvalue weighted by Crippen LogP contribution is -2.18. The molecule has 126 valence electrons. The average molecular weight is 351 g/mol. The maximum atomic E-state index is 11.8. The molecular formula is C19H17N3O2S. The van der Waals surface area contributed by atoms with Crippen molar-refractivity contribution >= 4 is 28.8 Å². The minimum Gasteiger partial charge on any atom is -0.443 e. The van der Waals surface area contributed by atoms with Crippen LogP contribution in [0, 0.1) is 12.3 Å². The van der Waals surface area contributed by atoms with Crippen LogP contribution >= 0.6 is 11.3 Å². The molecule has 1 aromatic heterocycles. The number of hydrogen-bond donors (Lipinski definition) is 2. The van der Waals surface area contributed by atoms with E-state index in [1.807, 2.05) is 55.5 Å². The molecule has 0 fully saturated rings. The Hall–Kier alpha value is -2.99. The molecule has 0 aliphatic carbocycles. The number of para-hydroxylation sites is 1. The molecule has 3 rings (SSSR count). The Balaban J connectivity index is 1.62. The largest absolute Gasteiger partial charge is 0.443 e. The third kappa shape index (κ3) is 4.30. The van der Waals surface area contributed by atoms with E-state index in [4.69, 9.17) is 10.1 Å². The van der Waals surface area contributed by atoms with Crippen LogP contribution in [0.2, 0.25) is 0 Å². The first-order valence-electron chi connectivity index (χ1n) is 7.73. The lowest BCUT2D eigenvalue weighted by molar-refractivity contribution is 0.177. The molecule has 0 aliphatic rings. The number of ether oxygens (including phenoxy) is 1. The first-order chi connectivity index (χ1) is 12.1. The highest BCUT2D eigenvalue weighted by Crippen LogP contribution is 2.28. The first-order valence-corrected chi connectivity index (χ1v) is 8.54. The molecule has 6 heteroatoms. The number of hydrogen-bond acceptors (Lipinski definition) is 5. The van der Waals surface area contributed by atoms with Crippen LogP contribution in [0.15, 0.2) is 60.7 Å². The molecule has 3 aromatic rings. The Labute approximate surface area is 149 Å². The van der Waals surface area contributed by atoms with E-state index in [1.54, 1.807) is 12.1 Å². The summed E-state index contributed by atoms with van der Waals surface area (Å²) < 4.78 is 5.14. The predicted molar refractivity (Wildman–Crippen MR) is 101 cm³/mol. The van der Waals surface area contributed by atoms with Gasteiger partial charge in [0.05, 0.1) is 16.3 Å². The number of rotatable bonds is 5. The van der Waals surface area contributed by atoms with Crippen LogP contribution in [0.5, 0.6) is 0 Å². The topological polar surface area (TPSA) is 75.1 Å². The normalized spacial score (nSPS) is 10.3. The van der Waals surface area contributed by atoms with Crippen LogP contribution in [0.1, 0.15) is 10.6 Å². The molecule has 0 saturated heterocycles. The summed E-state index contributed by atoms with van der Waals surface area (Å²) >= 11 is 1.43. The molecule has 1 amide bonds. The number of nitrogens with zero attached hydrogens (tertiary/aromatic N) is 1. The van der Waals surface area contributed by atoms with E-state index in [2.05, 4.69) is 10.3 Å². The Bertz CT molecular complexity index is 876. The van der Waals surface area contributed by atoms with Gasteiger partial charge < -0.3 is 10.1 Å². The molecule has 1 heterocycles. The van der Waals surface area contributed by atoms with Crippen molar-refractivity contribution in [2.45, 2.75) is 6.92 Å². The standard InChI is InChI=1S/C19H17N3O2S/c1-13-17(25-18(21-13)14-8-4-2-5-9-14)16(20)12-24-19(23)22-15-10-6-3-7-11-15/h2-11,20H,12H2,1H3,(H,22,23). The van der Waals surface area contributed by atoms with Gasteiger partial charge in [0.25, 0.3) is 0 Å². The Kier molecular flexibility index (Phi) is 5.20. The number of aromatic nitrogens is 1. The molecule has 0 aliphatic heterocycles. The second-order valence-corrected chi connectivity index (χ2v) is 6.34. The summed E-state index contributed by atoms with van der Waals surface area (Å²) in [6.45, 7) is 1.76. The van der Waals surface area contributed by atoms with Gasteiger partial charge in [-0.05, 0) is 19.1 Å². The zero-order valence-electron chi connectivity index (χ0n) is 13.7. The Morgan fingerprint density at radius 1 is 1.12 bits per heavy atom. The molecule has 25 heavy (non-hydrogen) atoms. The summed E-state index contributed by atoms with van der Waals surface area (Å²) in [6, 6.07) is 18.9. The quantitative estimate of drug-likeness (QED) is 0.652. The van der Waals surface area contributed by atoms with Crippen molar-refractivity contribution in [3.63, 3.8) is 0 Å². The van der Waals surface area contributed by atoms with Crippen molar-refractivity contribution < 1.29 is 9.53 Å². The lowest BCUT2D eigenvalue weighted by atomic mass is 10.2. The fourth-order valence-corrected chi connectivity index (χ4v) is 3.26. The Morgan fingerprint density at radius 3 is 2.44 bits per heavy atom. The summed E-state index contributed by atoms with van der Waals surface area (Å²) in [5.74, 6) is 0. The van der Waals surface area contributed by atoms with Crippen LogP contribution < -0.4 is 5.32 Å². The summed E-state index contributed by atoms with van der Waals surface area (Å²) in [7, 11) is 0. The highest BCUT2D eigenvalue weighted by molar-refractivity contribution is 7.17.